The predicted octanol–water partition coefficient (Wildman–Crippen LogP) is 1.70. The number of anilines is 1. The number of nitrogens with one attached hydrogen (secondary N) is 1. The van der Waals surface area contributed by atoms with Gasteiger partial charge in [0.25, 0.3) is 11.6 Å². The molecule has 2 rings (SSSR count). The van der Waals surface area contributed by atoms with E-state index in [4.69, 9.17) is 15.2 Å². The normalized spacial score (nSPS) is 11.8. The average molecular weight is 277 g/mol. The second-order valence-electron chi connectivity index (χ2n) is 5.46. The van der Waals surface area contributed by atoms with Crippen LogP contribution in [0.15, 0.2) is 23.0 Å². The molecule has 1 heterocycles. The summed E-state index contributed by atoms with van der Waals surface area (Å²) in [6.45, 7) is 6.64. The third-order valence-corrected chi connectivity index (χ3v) is 2.56. The summed E-state index contributed by atoms with van der Waals surface area (Å²) >= 11 is 0. The van der Waals surface area contributed by atoms with Crippen molar-refractivity contribution in [1.82, 2.24) is 9.97 Å². The standard InChI is InChI=1S/C14H19N3O3/c1-14(2,3)20-7-6-19-13-16-11-5-4-9(15)8-10(11)12(18)17-13/h4-5,8H,6-7,15H2,1-3H3,(H,16,17,18). The van der Waals surface area contributed by atoms with Gasteiger partial charge in [-0.15, -0.1) is 0 Å². The molecule has 0 atom stereocenters. The van der Waals surface area contributed by atoms with E-state index >= 15 is 0 Å². The second-order valence-corrected chi connectivity index (χ2v) is 5.46. The lowest BCUT2D eigenvalue weighted by Gasteiger charge is -2.19. The second kappa shape index (κ2) is 5.50. The number of hydrogen-bond acceptors (Lipinski definition) is 5. The number of H-pyrrole nitrogens is 1. The summed E-state index contributed by atoms with van der Waals surface area (Å²) in [4.78, 5) is 18.7. The lowest BCUT2D eigenvalue weighted by molar-refractivity contribution is -0.0173. The highest BCUT2D eigenvalue weighted by Crippen LogP contribution is 2.13. The van der Waals surface area contributed by atoms with Crippen LogP contribution in [0.4, 0.5) is 5.69 Å². The number of hydrogen-bond donors (Lipinski definition) is 2. The molecular weight excluding hydrogens is 258 g/mol. The van der Waals surface area contributed by atoms with Gasteiger partial charge >= 0.3 is 0 Å². The van der Waals surface area contributed by atoms with Crippen molar-refractivity contribution < 1.29 is 9.47 Å². The van der Waals surface area contributed by atoms with E-state index in [0.29, 0.717) is 29.8 Å². The van der Waals surface area contributed by atoms with Gasteiger partial charge in [0.2, 0.25) is 0 Å². The maximum absolute atomic E-state index is 11.9. The Hall–Kier alpha value is -2.08. The number of aromatic amines is 1. The fourth-order valence-electron chi connectivity index (χ4n) is 1.69. The summed E-state index contributed by atoms with van der Waals surface area (Å²) in [5.41, 5.74) is 6.23. The van der Waals surface area contributed by atoms with E-state index in [9.17, 15) is 4.79 Å². The average Bonchev–Trinajstić information content (AvgIpc) is 2.34. The molecule has 0 unspecified atom stereocenters. The Morgan fingerprint density at radius 2 is 2.05 bits per heavy atom. The molecule has 2 aromatic rings. The van der Waals surface area contributed by atoms with E-state index in [1.54, 1.807) is 18.2 Å². The Morgan fingerprint density at radius 1 is 1.30 bits per heavy atom. The number of nitrogens with zero attached hydrogens (tertiary/aromatic N) is 1. The molecule has 0 aliphatic carbocycles. The minimum Gasteiger partial charge on any atom is -0.462 e. The molecule has 20 heavy (non-hydrogen) atoms. The minimum absolute atomic E-state index is 0.185. The third-order valence-electron chi connectivity index (χ3n) is 2.56. The number of rotatable bonds is 4. The van der Waals surface area contributed by atoms with Gasteiger partial charge in [-0.25, -0.2) is 0 Å². The first-order valence-corrected chi connectivity index (χ1v) is 6.41. The minimum atomic E-state index is -0.269. The summed E-state index contributed by atoms with van der Waals surface area (Å²) in [7, 11) is 0. The van der Waals surface area contributed by atoms with Crippen LogP contribution in [0.3, 0.4) is 0 Å². The van der Waals surface area contributed by atoms with Gasteiger partial charge < -0.3 is 15.2 Å². The fraction of sp³-hybridized carbons (Fsp3) is 0.429. The fourth-order valence-corrected chi connectivity index (χ4v) is 1.69. The molecule has 0 aliphatic rings. The molecule has 0 spiro atoms. The summed E-state index contributed by atoms with van der Waals surface area (Å²) in [6, 6.07) is 5.16. The van der Waals surface area contributed by atoms with Crippen LogP contribution in [-0.2, 0) is 4.74 Å². The smallest absolute Gasteiger partial charge is 0.297 e. The van der Waals surface area contributed by atoms with E-state index in [2.05, 4.69) is 9.97 Å². The first-order valence-electron chi connectivity index (χ1n) is 6.41. The summed E-state index contributed by atoms with van der Waals surface area (Å²) in [5.74, 6) is 0. The van der Waals surface area contributed by atoms with Crippen molar-refractivity contribution in [3.63, 3.8) is 0 Å². The lowest BCUT2D eigenvalue weighted by Crippen LogP contribution is -2.23. The van der Waals surface area contributed by atoms with E-state index < -0.39 is 0 Å². The maximum Gasteiger partial charge on any atom is 0.297 e. The van der Waals surface area contributed by atoms with E-state index in [1.807, 2.05) is 20.8 Å². The molecule has 0 fully saturated rings. The Balaban J connectivity index is 2.08. The monoisotopic (exact) mass is 277 g/mol. The number of nitrogen functional groups attached to an aromatic ring is 1. The van der Waals surface area contributed by atoms with Crippen molar-refractivity contribution in [2.45, 2.75) is 26.4 Å². The highest BCUT2D eigenvalue weighted by atomic mass is 16.5. The number of ether oxygens (including phenoxy) is 2. The van der Waals surface area contributed by atoms with Crippen LogP contribution in [0.25, 0.3) is 10.9 Å². The first-order chi connectivity index (χ1) is 9.35. The van der Waals surface area contributed by atoms with E-state index in [-0.39, 0.29) is 17.2 Å². The molecule has 1 aromatic carbocycles. The zero-order chi connectivity index (χ0) is 14.8. The number of nitrogens with two attached hydrogens (primary N) is 1. The predicted molar refractivity (Wildman–Crippen MR) is 78.0 cm³/mol. The van der Waals surface area contributed by atoms with Gasteiger partial charge in [-0.05, 0) is 39.0 Å². The van der Waals surface area contributed by atoms with Crippen LogP contribution < -0.4 is 16.0 Å². The van der Waals surface area contributed by atoms with Crippen LogP contribution in [0, 0.1) is 0 Å². The lowest BCUT2D eigenvalue weighted by atomic mass is 10.2. The quantitative estimate of drug-likeness (QED) is 0.655. The van der Waals surface area contributed by atoms with Gasteiger partial charge in [-0.2, -0.15) is 4.98 Å². The SMILES string of the molecule is CC(C)(C)OCCOc1nc2ccc(N)cc2c(=O)[nH]1. The number of aromatic nitrogens is 2. The van der Waals surface area contributed by atoms with Gasteiger partial charge in [-0.3, -0.25) is 9.78 Å². The third kappa shape index (κ3) is 3.71. The van der Waals surface area contributed by atoms with Crippen molar-refractivity contribution >= 4 is 16.6 Å². The Kier molecular flexibility index (Phi) is 3.94. The van der Waals surface area contributed by atoms with Gasteiger partial charge in [-0.1, -0.05) is 0 Å². The molecule has 6 nitrogen and oxygen atoms in total. The molecule has 0 bridgehead atoms. The maximum atomic E-state index is 11.9. The molecule has 3 N–H and O–H groups in total. The molecular formula is C14H19N3O3. The molecule has 0 saturated heterocycles. The topological polar surface area (TPSA) is 90.2 Å². The zero-order valence-electron chi connectivity index (χ0n) is 11.9. The zero-order valence-corrected chi connectivity index (χ0v) is 11.9. The van der Waals surface area contributed by atoms with Crippen LogP contribution >= 0.6 is 0 Å². The Labute approximate surface area is 116 Å². The van der Waals surface area contributed by atoms with Gasteiger partial charge in [0.15, 0.2) is 0 Å². The summed E-state index contributed by atoms with van der Waals surface area (Å²) < 4.78 is 10.9. The van der Waals surface area contributed by atoms with E-state index in [1.165, 1.54) is 0 Å². The van der Waals surface area contributed by atoms with Crippen LogP contribution in [0.5, 0.6) is 6.01 Å². The Bertz CT molecular complexity index is 659. The van der Waals surface area contributed by atoms with Gasteiger partial charge in [0, 0.05) is 5.69 Å². The molecule has 0 amide bonds. The number of fused-ring (bicyclic) bond motifs is 1. The van der Waals surface area contributed by atoms with Gasteiger partial charge in [0.05, 0.1) is 23.1 Å². The van der Waals surface area contributed by atoms with Crippen molar-refractivity contribution in [3.05, 3.63) is 28.6 Å². The van der Waals surface area contributed by atoms with Crippen LogP contribution in [0.2, 0.25) is 0 Å². The largest absolute Gasteiger partial charge is 0.462 e. The van der Waals surface area contributed by atoms with Crippen molar-refractivity contribution in [2.75, 3.05) is 18.9 Å². The highest BCUT2D eigenvalue weighted by Gasteiger charge is 2.10. The first kappa shape index (κ1) is 14.3. The van der Waals surface area contributed by atoms with Crippen LogP contribution in [0.1, 0.15) is 20.8 Å². The highest BCUT2D eigenvalue weighted by molar-refractivity contribution is 5.81. The Morgan fingerprint density at radius 3 is 2.75 bits per heavy atom. The molecule has 6 heteroatoms. The molecule has 0 aliphatic heterocycles. The summed E-state index contributed by atoms with van der Waals surface area (Å²) in [5, 5.41) is 0.447. The van der Waals surface area contributed by atoms with Crippen LogP contribution in [-0.4, -0.2) is 28.8 Å². The molecule has 1 aromatic heterocycles. The van der Waals surface area contributed by atoms with Gasteiger partial charge in [0.1, 0.15) is 6.61 Å². The van der Waals surface area contributed by atoms with Crippen molar-refractivity contribution in [2.24, 2.45) is 0 Å². The molecule has 0 radical (unpaired) electrons. The van der Waals surface area contributed by atoms with Crippen molar-refractivity contribution in [3.8, 4) is 6.01 Å². The molecule has 108 valence electrons. The van der Waals surface area contributed by atoms with E-state index in [0.717, 1.165) is 0 Å². The van der Waals surface area contributed by atoms with Crippen molar-refractivity contribution in [1.29, 1.82) is 0 Å². The molecule has 0 saturated carbocycles. The number of benzene rings is 1. The summed E-state index contributed by atoms with van der Waals surface area (Å²) in [6.07, 6.45) is 0.